The molecule has 0 spiro atoms. The second-order valence-electron chi connectivity index (χ2n) is 4.42. The first kappa shape index (κ1) is 13.2. The highest BCUT2D eigenvalue weighted by molar-refractivity contribution is 7.13. The zero-order valence-electron chi connectivity index (χ0n) is 10.9. The molecule has 2 aromatic rings. The van der Waals surface area contributed by atoms with E-state index >= 15 is 0 Å². The van der Waals surface area contributed by atoms with Gasteiger partial charge in [0.1, 0.15) is 5.01 Å². The van der Waals surface area contributed by atoms with Crippen LogP contribution in [-0.2, 0) is 4.84 Å². The number of benzene rings is 1. The maximum atomic E-state index is 12.7. The number of hydroxylamine groups is 1. The highest BCUT2D eigenvalue weighted by Gasteiger charge is 2.21. The van der Waals surface area contributed by atoms with Crippen LogP contribution in [0, 0.1) is 0 Å². The number of carbonyl (C=O) groups excluding carboxylic acids is 1. The minimum atomic E-state index is 0.0306. The predicted octanol–water partition coefficient (Wildman–Crippen LogP) is 1.79. The molecule has 0 bridgehead atoms. The van der Waals surface area contributed by atoms with Crippen molar-refractivity contribution in [2.24, 2.45) is 0 Å². The van der Waals surface area contributed by atoms with Crippen LogP contribution in [0.15, 0.2) is 35.8 Å². The Morgan fingerprint density at radius 3 is 3.10 bits per heavy atom. The van der Waals surface area contributed by atoms with E-state index in [0.29, 0.717) is 31.8 Å². The largest absolute Gasteiger partial charge is 0.335 e. The second-order valence-corrected chi connectivity index (χ2v) is 5.31. The van der Waals surface area contributed by atoms with Gasteiger partial charge in [-0.2, -0.15) is 0 Å². The summed E-state index contributed by atoms with van der Waals surface area (Å²) in [5.41, 5.74) is 4.41. The van der Waals surface area contributed by atoms with Crippen molar-refractivity contribution in [2.75, 3.05) is 26.2 Å². The van der Waals surface area contributed by atoms with Crippen LogP contribution in [0.3, 0.4) is 0 Å². The summed E-state index contributed by atoms with van der Waals surface area (Å²) in [6.07, 6.45) is 1.75. The van der Waals surface area contributed by atoms with Crippen LogP contribution in [0.1, 0.15) is 10.4 Å². The molecule has 5 nitrogen and oxygen atoms in total. The van der Waals surface area contributed by atoms with Gasteiger partial charge in [0.05, 0.1) is 6.61 Å². The molecule has 104 valence electrons. The van der Waals surface area contributed by atoms with Gasteiger partial charge in [-0.05, 0) is 6.07 Å². The molecular formula is C14H15N3O2S. The van der Waals surface area contributed by atoms with Gasteiger partial charge in [-0.1, -0.05) is 18.2 Å². The lowest BCUT2D eigenvalue weighted by molar-refractivity contribution is 0.0523. The number of thiazole rings is 1. The Labute approximate surface area is 121 Å². The molecule has 0 radical (unpaired) electrons. The molecule has 1 aromatic carbocycles. The number of amides is 1. The Balaban J connectivity index is 1.91. The van der Waals surface area contributed by atoms with Crippen molar-refractivity contribution in [1.29, 1.82) is 0 Å². The fourth-order valence-electron chi connectivity index (χ4n) is 2.18. The molecule has 1 saturated heterocycles. The van der Waals surface area contributed by atoms with Crippen LogP contribution < -0.4 is 5.48 Å². The van der Waals surface area contributed by atoms with E-state index in [4.69, 9.17) is 4.84 Å². The van der Waals surface area contributed by atoms with E-state index in [-0.39, 0.29) is 5.91 Å². The molecule has 0 unspecified atom stereocenters. The average molecular weight is 289 g/mol. The van der Waals surface area contributed by atoms with Crippen LogP contribution in [0.4, 0.5) is 0 Å². The third-order valence-electron chi connectivity index (χ3n) is 3.16. The van der Waals surface area contributed by atoms with Crippen LogP contribution >= 0.6 is 11.3 Å². The summed E-state index contributed by atoms with van der Waals surface area (Å²) in [4.78, 5) is 24.0. The highest BCUT2D eigenvalue weighted by atomic mass is 32.1. The first-order chi connectivity index (χ1) is 9.86. The quantitative estimate of drug-likeness (QED) is 0.916. The summed E-state index contributed by atoms with van der Waals surface area (Å²) in [6, 6.07) is 7.62. The van der Waals surface area contributed by atoms with Crippen molar-refractivity contribution in [3.63, 3.8) is 0 Å². The van der Waals surface area contributed by atoms with E-state index < -0.39 is 0 Å². The van der Waals surface area contributed by atoms with Crippen molar-refractivity contribution >= 4 is 17.2 Å². The van der Waals surface area contributed by atoms with Crippen LogP contribution in [-0.4, -0.2) is 42.0 Å². The molecule has 0 aliphatic carbocycles. The molecular weight excluding hydrogens is 274 g/mol. The Kier molecular flexibility index (Phi) is 4.05. The number of hydrogen-bond donors (Lipinski definition) is 1. The third-order valence-corrected chi connectivity index (χ3v) is 3.96. The van der Waals surface area contributed by atoms with Gasteiger partial charge < -0.3 is 4.90 Å². The Bertz CT molecular complexity index is 578. The molecule has 3 rings (SSSR count). The number of nitrogens with zero attached hydrogens (tertiary/aromatic N) is 2. The maximum absolute atomic E-state index is 12.7. The van der Waals surface area contributed by atoms with Gasteiger partial charge in [-0.3, -0.25) is 9.63 Å². The smallest absolute Gasteiger partial charge is 0.254 e. The Morgan fingerprint density at radius 1 is 1.35 bits per heavy atom. The van der Waals surface area contributed by atoms with Gasteiger partial charge in [0, 0.05) is 42.3 Å². The zero-order valence-corrected chi connectivity index (χ0v) is 11.7. The molecule has 1 aliphatic heterocycles. The van der Waals surface area contributed by atoms with Crippen LogP contribution in [0.25, 0.3) is 10.6 Å². The van der Waals surface area contributed by atoms with E-state index in [1.54, 1.807) is 6.20 Å². The predicted molar refractivity (Wildman–Crippen MR) is 77.4 cm³/mol. The lowest BCUT2D eigenvalue weighted by Gasteiger charge is -2.20. The molecule has 0 atom stereocenters. The minimum Gasteiger partial charge on any atom is -0.335 e. The highest BCUT2D eigenvalue weighted by Crippen LogP contribution is 2.26. The zero-order chi connectivity index (χ0) is 13.8. The normalized spacial score (nSPS) is 15.9. The van der Waals surface area contributed by atoms with E-state index in [2.05, 4.69) is 10.5 Å². The molecule has 1 N–H and O–H groups in total. The monoisotopic (exact) mass is 289 g/mol. The van der Waals surface area contributed by atoms with Crippen molar-refractivity contribution in [1.82, 2.24) is 15.4 Å². The van der Waals surface area contributed by atoms with Gasteiger partial charge in [0.25, 0.3) is 5.91 Å². The van der Waals surface area contributed by atoms with Crippen LogP contribution in [0.5, 0.6) is 0 Å². The SMILES string of the molecule is O=C(c1ccccc1-c1nccs1)N1CCNOCC1. The first-order valence-corrected chi connectivity index (χ1v) is 7.37. The number of carbonyl (C=O) groups is 1. The second kappa shape index (κ2) is 6.13. The summed E-state index contributed by atoms with van der Waals surface area (Å²) in [5.74, 6) is 0.0306. The number of hydrogen-bond acceptors (Lipinski definition) is 5. The molecule has 1 aliphatic rings. The van der Waals surface area contributed by atoms with Gasteiger partial charge in [0.2, 0.25) is 0 Å². The Morgan fingerprint density at radius 2 is 2.25 bits per heavy atom. The van der Waals surface area contributed by atoms with Crippen molar-refractivity contribution in [3.8, 4) is 10.6 Å². The molecule has 1 fully saturated rings. The molecule has 1 aromatic heterocycles. The summed E-state index contributed by atoms with van der Waals surface area (Å²) in [5, 5.41) is 2.79. The minimum absolute atomic E-state index is 0.0306. The lowest BCUT2D eigenvalue weighted by Crippen LogP contribution is -2.35. The summed E-state index contributed by atoms with van der Waals surface area (Å²) in [7, 11) is 0. The maximum Gasteiger partial charge on any atom is 0.254 e. The van der Waals surface area contributed by atoms with Gasteiger partial charge in [-0.15, -0.1) is 11.3 Å². The van der Waals surface area contributed by atoms with E-state index in [9.17, 15) is 4.79 Å². The standard InChI is InChI=1S/C14H15N3O2S/c18-14(17-7-5-16-19-9-8-17)12-4-2-1-3-11(12)13-15-6-10-20-13/h1-4,6,10,16H,5,7-9H2. The molecule has 2 heterocycles. The average Bonchev–Trinajstić information content (AvgIpc) is 2.89. The van der Waals surface area contributed by atoms with Gasteiger partial charge >= 0.3 is 0 Å². The molecule has 0 saturated carbocycles. The molecule has 6 heteroatoms. The number of rotatable bonds is 2. The van der Waals surface area contributed by atoms with Crippen molar-refractivity contribution in [2.45, 2.75) is 0 Å². The van der Waals surface area contributed by atoms with Crippen LogP contribution in [0.2, 0.25) is 0 Å². The number of aromatic nitrogens is 1. The molecule has 1 amide bonds. The first-order valence-electron chi connectivity index (χ1n) is 6.49. The van der Waals surface area contributed by atoms with E-state index in [1.807, 2.05) is 34.5 Å². The fraction of sp³-hybridized carbons (Fsp3) is 0.286. The lowest BCUT2D eigenvalue weighted by atomic mass is 10.1. The Hall–Kier alpha value is -1.76. The third kappa shape index (κ3) is 2.72. The van der Waals surface area contributed by atoms with E-state index in [1.165, 1.54) is 11.3 Å². The fourth-order valence-corrected chi connectivity index (χ4v) is 2.86. The topological polar surface area (TPSA) is 54.5 Å². The van der Waals surface area contributed by atoms with E-state index in [0.717, 1.165) is 10.6 Å². The van der Waals surface area contributed by atoms with Crippen molar-refractivity contribution < 1.29 is 9.63 Å². The summed E-state index contributed by atoms with van der Waals surface area (Å²) in [6.45, 7) is 2.39. The number of nitrogens with one attached hydrogen (secondary N) is 1. The summed E-state index contributed by atoms with van der Waals surface area (Å²) < 4.78 is 0. The summed E-state index contributed by atoms with van der Waals surface area (Å²) >= 11 is 1.54. The van der Waals surface area contributed by atoms with Gasteiger partial charge in [0.15, 0.2) is 0 Å². The molecule has 20 heavy (non-hydrogen) atoms. The van der Waals surface area contributed by atoms with Gasteiger partial charge in [-0.25, -0.2) is 10.5 Å². The van der Waals surface area contributed by atoms with Crippen molar-refractivity contribution in [3.05, 3.63) is 41.4 Å².